The fourth-order valence-electron chi connectivity index (χ4n) is 1.08. The van der Waals surface area contributed by atoms with E-state index in [0.29, 0.717) is 0 Å². The van der Waals surface area contributed by atoms with Gasteiger partial charge in [-0.2, -0.15) is 5.26 Å². The minimum atomic E-state index is -0.656. The van der Waals surface area contributed by atoms with Crippen LogP contribution in [0.4, 0.5) is 11.5 Å². The van der Waals surface area contributed by atoms with E-state index in [4.69, 9.17) is 11.7 Å². The van der Waals surface area contributed by atoms with Crippen molar-refractivity contribution in [2.24, 2.45) is 0 Å². The number of aromatic nitrogens is 1. The first-order valence-electron chi connectivity index (χ1n) is 4.36. The van der Waals surface area contributed by atoms with E-state index in [2.05, 4.69) is 16.2 Å². The highest BCUT2D eigenvalue weighted by Gasteiger charge is 2.21. The van der Waals surface area contributed by atoms with Crippen LogP contribution in [-0.2, 0) is 0 Å². The first kappa shape index (κ1) is 11.5. The summed E-state index contributed by atoms with van der Waals surface area (Å²) in [5, 5.41) is 22.2. The highest BCUT2D eigenvalue weighted by Crippen LogP contribution is 2.25. The molecule has 0 spiro atoms. The molecule has 0 aliphatic rings. The zero-order valence-corrected chi connectivity index (χ0v) is 8.47. The molecule has 6 heteroatoms. The predicted molar refractivity (Wildman–Crippen MR) is 57.5 cm³/mol. The van der Waals surface area contributed by atoms with E-state index in [1.807, 2.05) is 0 Å². The monoisotopic (exact) mass is 216 g/mol. The van der Waals surface area contributed by atoms with Crippen molar-refractivity contribution in [3.63, 3.8) is 0 Å². The zero-order chi connectivity index (χ0) is 12.1. The highest BCUT2D eigenvalue weighted by molar-refractivity contribution is 5.64. The lowest BCUT2D eigenvalue weighted by molar-refractivity contribution is -0.384. The van der Waals surface area contributed by atoms with E-state index in [-0.39, 0.29) is 17.1 Å². The summed E-state index contributed by atoms with van der Waals surface area (Å²) in [5.74, 6) is 2.37. The molecule has 0 saturated carbocycles. The second kappa shape index (κ2) is 4.76. The maximum Gasteiger partial charge on any atom is 0.329 e. The van der Waals surface area contributed by atoms with Gasteiger partial charge in [0.05, 0.1) is 11.0 Å². The number of rotatable bonds is 3. The Balaban J connectivity index is 3.25. The number of terminal acetylenes is 1. The van der Waals surface area contributed by atoms with Crippen molar-refractivity contribution in [2.75, 3.05) is 5.32 Å². The molecule has 0 aromatic carbocycles. The van der Waals surface area contributed by atoms with Crippen molar-refractivity contribution < 1.29 is 4.92 Å². The van der Waals surface area contributed by atoms with Gasteiger partial charge in [-0.15, -0.1) is 6.42 Å². The molecule has 80 valence electrons. The van der Waals surface area contributed by atoms with Crippen LogP contribution in [-0.4, -0.2) is 15.9 Å². The predicted octanol–water partition coefficient (Wildman–Crippen LogP) is 1.30. The van der Waals surface area contributed by atoms with Crippen LogP contribution in [0.5, 0.6) is 0 Å². The number of anilines is 1. The molecule has 1 unspecified atom stereocenters. The molecular formula is C10H8N4O2. The lowest BCUT2D eigenvalue weighted by atomic mass is 10.2. The van der Waals surface area contributed by atoms with E-state index in [9.17, 15) is 10.1 Å². The number of nitriles is 1. The summed E-state index contributed by atoms with van der Waals surface area (Å²) in [6.07, 6.45) is 6.46. The average Bonchev–Trinajstić information content (AvgIpc) is 2.28. The molecule has 1 heterocycles. The maximum atomic E-state index is 10.8. The second-order valence-corrected chi connectivity index (χ2v) is 2.96. The summed E-state index contributed by atoms with van der Waals surface area (Å²) in [7, 11) is 0. The van der Waals surface area contributed by atoms with Gasteiger partial charge in [0.1, 0.15) is 11.6 Å². The van der Waals surface area contributed by atoms with E-state index in [1.165, 1.54) is 12.3 Å². The van der Waals surface area contributed by atoms with Crippen LogP contribution in [0.2, 0.25) is 0 Å². The Hall–Kier alpha value is -2.60. The Kier molecular flexibility index (Phi) is 3.41. The molecule has 1 aromatic rings. The van der Waals surface area contributed by atoms with Gasteiger partial charge in [0, 0.05) is 6.20 Å². The standard InChI is InChI=1S/C10H8N4O2/c1-3-7(2)13-10-9(14(15)16)8(6-11)4-5-12-10/h1,4-5,7H,2H3,(H,12,13). The van der Waals surface area contributed by atoms with Gasteiger partial charge in [0.15, 0.2) is 0 Å². The second-order valence-electron chi connectivity index (χ2n) is 2.96. The molecule has 0 aliphatic carbocycles. The third-order valence-electron chi connectivity index (χ3n) is 1.83. The van der Waals surface area contributed by atoms with Gasteiger partial charge < -0.3 is 5.32 Å². The van der Waals surface area contributed by atoms with Crippen molar-refractivity contribution in [3.05, 3.63) is 27.9 Å². The van der Waals surface area contributed by atoms with E-state index >= 15 is 0 Å². The number of hydrogen-bond acceptors (Lipinski definition) is 5. The SMILES string of the molecule is C#CC(C)Nc1nccc(C#N)c1[N+](=O)[O-]. The number of nitrogens with zero attached hydrogens (tertiary/aromatic N) is 3. The van der Waals surface area contributed by atoms with Crippen molar-refractivity contribution in [1.82, 2.24) is 4.98 Å². The third kappa shape index (κ3) is 2.25. The Morgan fingerprint density at radius 2 is 2.44 bits per heavy atom. The summed E-state index contributed by atoms with van der Waals surface area (Å²) in [5.41, 5.74) is -0.404. The zero-order valence-electron chi connectivity index (χ0n) is 8.47. The molecule has 1 N–H and O–H groups in total. The first-order chi connectivity index (χ1) is 7.60. The Bertz CT molecular complexity index is 499. The molecule has 16 heavy (non-hydrogen) atoms. The minimum Gasteiger partial charge on any atom is -0.351 e. The van der Waals surface area contributed by atoms with Gasteiger partial charge in [-0.3, -0.25) is 10.1 Å². The van der Waals surface area contributed by atoms with E-state index in [1.54, 1.807) is 13.0 Å². The number of nitrogens with one attached hydrogen (secondary N) is 1. The quantitative estimate of drug-likeness (QED) is 0.467. The lowest BCUT2D eigenvalue weighted by Gasteiger charge is -2.08. The van der Waals surface area contributed by atoms with Crippen LogP contribution in [0.15, 0.2) is 12.3 Å². The Morgan fingerprint density at radius 3 is 2.94 bits per heavy atom. The van der Waals surface area contributed by atoms with Gasteiger partial charge >= 0.3 is 5.69 Å². The summed E-state index contributed by atoms with van der Waals surface area (Å²) in [4.78, 5) is 13.9. The Labute approximate surface area is 92.1 Å². The van der Waals surface area contributed by atoms with Crippen LogP contribution < -0.4 is 5.32 Å². The molecule has 0 aliphatic heterocycles. The van der Waals surface area contributed by atoms with Crippen molar-refractivity contribution in [3.8, 4) is 18.4 Å². The summed E-state index contributed by atoms with van der Waals surface area (Å²) < 4.78 is 0. The molecule has 0 amide bonds. The largest absolute Gasteiger partial charge is 0.351 e. The smallest absolute Gasteiger partial charge is 0.329 e. The Morgan fingerprint density at radius 1 is 1.75 bits per heavy atom. The molecule has 1 aromatic heterocycles. The lowest BCUT2D eigenvalue weighted by Crippen LogP contribution is -2.15. The summed E-state index contributed by atoms with van der Waals surface area (Å²) >= 11 is 0. The average molecular weight is 216 g/mol. The molecule has 0 bridgehead atoms. The van der Waals surface area contributed by atoms with Crippen LogP contribution in [0, 0.1) is 33.8 Å². The molecule has 0 saturated heterocycles. The van der Waals surface area contributed by atoms with Crippen LogP contribution in [0.1, 0.15) is 12.5 Å². The van der Waals surface area contributed by atoms with Crippen molar-refractivity contribution >= 4 is 11.5 Å². The summed E-state index contributed by atoms with van der Waals surface area (Å²) in [6, 6.07) is 2.61. The number of nitro groups is 1. The van der Waals surface area contributed by atoms with Gasteiger partial charge in [0.25, 0.3) is 0 Å². The topological polar surface area (TPSA) is 91.8 Å². The molecule has 0 fully saturated rings. The van der Waals surface area contributed by atoms with E-state index in [0.717, 1.165) is 0 Å². The molecule has 0 radical (unpaired) electrons. The van der Waals surface area contributed by atoms with Gasteiger partial charge in [-0.25, -0.2) is 4.98 Å². The van der Waals surface area contributed by atoms with Gasteiger partial charge in [-0.05, 0) is 13.0 Å². The first-order valence-corrected chi connectivity index (χ1v) is 4.36. The fraction of sp³-hybridized carbons (Fsp3) is 0.200. The van der Waals surface area contributed by atoms with Crippen molar-refractivity contribution in [1.29, 1.82) is 5.26 Å². The van der Waals surface area contributed by atoms with E-state index < -0.39 is 11.0 Å². The minimum absolute atomic E-state index is 0.00880. The number of hydrogen-bond donors (Lipinski definition) is 1. The van der Waals surface area contributed by atoms with Crippen LogP contribution in [0.25, 0.3) is 0 Å². The number of pyridine rings is 1. The van der Waals surface area contributed by atoms with Crippen LogP contribution in [0.3, 0.4) is 0 Å². The molecule has 6 nitrogen and oxygen atoms in total. The molecule has 1 rings (SSSR count). The van der Waals surface area contributed by atoms with Crippen LogP contribution >= 0.6 is 0 Å². The molecule has 1 atom stereocenters. The fourth-order valence-corrected chi connectivity index (χ4v) is 1.08. The third-order valence-corrected chi connectivity index (χ3v) is 1.83. The van der Waals surface area contributed by atoms with Gasteiger partial charge in [0.2, 0.25) is 5.82 Å². The normalized spacial score (nSPS) is 10.9. The van der Waals surface area contributed by atoms with Crippen molar-refractivity contribution in [2.45, 2.75) is 13.0 Å². The van der Waals surface area contributed by atoms with Gasteiger partial charge in [-0.1, -0.05) is 5.92 Å². The highest BCUT2D eigenvalue weighted by atomic mass is 16.6. The summed E-state index contributed by atoms with van der Waals surface area (Å²) in [6.45, 7) is 1.66. The molecular weight excluding hydrogens is 208 g/mol. The maximum absolute atomic E-state index is 10.8.